The van der Waals surface area contributed by atoms with E-state index in [0.717, 1.165) is 11.3 Å². The molecule has 0 fully saturated rings. The van der Waals surface area contributed by atoms with Gasteiger partial charge in [-0.15, -0.1) is 0 Å². The Morgan fingerprint density at radius 3 is 1.38 bits per heavy atom. The van der Waals surface area contributed by atoms with Crippen molar-refractivity contribution in [2.45, 2.75) is 39.2 Å². The fourth-order valence-electron chi connectivity index (χ4n) is 2.54. The van der Waals surface area contributed by atoms with Crippen LogP contribution in [0.5, 0.6) is 11.5 Å². The monoisotopic (exact) mass is 602 g/mol. The van der Waals surface area contributed by atoms with Crippen molar-refractivity contribution in [3.63, 3.8) is 0 Å². The summed E-state index contributed by atoms with van der Waals surface area (Å²) in [5.74, 6) is 0.470. The lowest BCUT2D eigenvalue weighted by Crippen LogP contribution is -2.20. The minimum Gasteiger partial charge on any atom is -0.505 e. The third kappa shape index (κ3) is 11.9. The lowest BCUT2D eigenvalue weighted by atomic mass is 9.78. The molecule has 0 aliphatic rings. The van der Waals surface area contributed by atoms with E-state index in [2.05, 4.69) is 0 Å². The highest BCUT2D eigenvalue weighted by Gasteiger charge is 2.32. The van der Waals surface area contributed by atoms with E-state index in [-0.39, 0.29) is 31.9 Å². The van der Waals surface area contributed by atoms with E-state index >= 15 is 0 Å². The van der Waals surface area contributed by atoms with Crippen LogP contribution in [0.3, 0.4) is 0 Å². The number of phosphoric acid groups is 2. The third-order valence-electron chi connectivity index (χ3n) is 3.81. The van der Waals surface area contributed by atoms with Gasteiger partial charge in [0.2, 0.25) is 0 Å². The van der Waals surface area contributed by atoms with Crippen molar-refractivity contribution < 1.29 is 48.3 Å². The molecule has 0 aromatic heterocycles. The molecule has 34 heavy (non-hydrogen) atoms. The van der Waals surface area contributed by atoms with Crippen LogP contribution in [-0.2, 0) is 14.5 Å². The number of phenolic OH excluding ortho intramolecular Hbond substituents is 1. The Kier molecular flexibility index (Phi) is 12.9. The molecule has 0 heterocycles. The molecule has 0 bridgehead atoms. The number of phenols is 1. The molecule has 10 nitrogen and oxygen atoms in total. The van der Waals surface area contributed by atoms with Gasteiger partial charge in [-0.1, -0.05) is 72.4 Å². The zero-order valence-corrected chi connectivity index (χ0v) is 23.0. The number of hydrogen-bond acceptors (Lipinski definition) is 4. The van der Waals surface area contributed by atoms with Gasteiger partial charge in [-0.3, -0.25) is 0 Å². The quantitative estimate of drug-likeness (QED) is 0.179. The van der Waals surface area contributed by atoms with Gasteiger partial charge in [0.1, 0.15) is 15.8 Å². The summed E-state index contributed by atoms with van der Waals surface area (Å²) in [6, 6.07) is 7.67. The van der Waals surface area contributed by atoms with Gasteiger partial charge in [0.25, 0.3) is 0 Å². The van der Waals surface area contributed by atoms with Crippen molar-refractivity contribution in [2.24, 2.45) is 0 Å². The Balaban J connectivity index is 0.000000916. The maximum atomic E-state index is 9.90. The van der Waals surface area contributed by atoms with Gasteiger partial charge in [-0.2, -0.15) is 0 Å². The molecule has 0 atom stereocenters. The summed E-state index contributed by atoms with van der Waals surface area (Å²) >= 11 is 24.9. The van der Waals surface area contributed by atoms with Gasteiger partial charge >= 0.3 is 15.6 Å². The largest absolute Gasteiger partial charge is 0.505 e. The Morgan fingerprint density at radius 1 is 0.765 bits per heavy atom. The average Bonchev–Trinajstić information content (AvgIpc) is 2.62. The van der Waals surface area contributed by atoms with Crippen molar-refractivity contribution in [1.29, 1.82) is 0 Å². The maximum absolute atomic E-state index is 9.90. The van der Waals surface area contributed by atoms with Crippen molar-refractivity contribution in [3.8, 4) is 11.5 Å². The molecule has 7 N–H and O–H groups in total. The molecular weight excluding hydrogens is 580 g/mol. The van der Waals surface area contributed by atoms with Crippen LogP contribution in [0.25, 0.3) is 0 Å². The van der Waals surface area contributed by atoms with Gasteiger partial charge in [-0.05, 0) is 31.5 Å². The summed E-state index contributed by atoms with van der Waals surface area (Å²) in [6.07, 6.45) is 0.0995. The normalized spacial score (nSPS) is 11.9. The molecule has 0 aliphatic carbocycles. The van der Waals surface area contributed by atoms with Crippen LogP contribution in [0.15, 0.2) is 24.3 Å². The first-order valence-electron chi connectivity index (χ1n) is 8.96. The lowest BCUT2D eigenvalue weighted by Gasteiger charge is -2.29. The molecule has 0 radical (unpaired) electrons. The highest BCUT2D eigenvalue weighted by molar-refractivity contribution is 7.45. The number of benzene rings is 2. The first kappa shape index (κ1) is 33.4. The highest BCUT2D eigenvalue weighted by Crippen LogP contribution is 2.50. The standard InChI is InChI=1S/C18H18Cl4O2.2H3O4P/c1-9(2)24-11-7-5-10(6-8-11)18(3,4)12-13(19)15(21)17(23)16(22)14(12)20;2*1-5(2,3)4/h5-9,23H,1-4H3;2*(H3,1,2,3,4). The van der Waals surface area contributed by atoms with Crippen LogP contribution in [0.4, 0.5) is 0 Å². The van der Waals surface area contributed by atoms with Crippen LogP contribution in [-0.4, -0.2) is 40.6 Å². The second-order valence-corrected chi connectivity index (χ2v) is 10.9. The molecular formula is C18H24Cl4O10P2. The van der Waals surface area contributed by atoms with Crippen molar-refractivity contribution >= 4 is 62.0 Å². The summed E-state index contributed by atoms with van der Waals surface area (Å²) < 4.78 is 23.4. The molecule has 0 amide bonds. The van der Waals surface area contributed by atoms with E-state index in [0.29, 0.717) is 5.56 Å². The van der Waals surface area contributed by atoms with Gasteiger partial charge in [0.15, 0.2) is 5.75 Å². The summed E-state index contributed by atoms with van der Waals surface area (Å²) in [7, 11) is -9.28. The third-order valence-corrected chi connectivity index (χ3v) is 5.50. The molecule has 16 heteroatoms. The SMILES string of the molecule is CC(C)Oc1ccc(C(C)(C)c2c(Cl)c(Cl)c(O)c(Cl)c2Cl)cc1.O=P(O)(O)O.O=P(O)(O)O. The first-order valence-corrected chi connectivity index (χ1v) is 13.6. The Labute approximate surface area is 216 Å². The molecule has 2 rings (SSSR count). The van der Waals surface area contributed by atoms with Gasteiger partial charge in [-0.25, -0.2) is 9.13 Å². The molecule has 2 aromatic carbocycles. The second-order valence-electron chi connectivity index (χ2n) is 7.32. The second kappa shape index (κ2) is 13.1. The van der Waals surface area contributed by atoms with E-state index < -0.39 is 21.1 Å². The number of halogens is 4. The fraction of sp³-hybridized carbons (Fsp3) is 0.333. The summed E-state index contributed by atoms with van der Waals surface area (Å²) in [6.45, 7) is 7.86. The maximum Gasteiger partial charge on any atom is 0.466 e. The van der Waals surface area contributed by atoms with Gasteiger partial charge in [0, 0.05) is 11.0 Å². The minimum atomic E-state index is -4.64. The topological polar surface area (TPSA) is 185 Å². The molecule has 0 unspecified atom stereocenters. The van der Waals surface area contributed by atoms with Crippen LogP contribution in [0, 0.1) is 0 Å². The van der Waals surface area contributed by atoms with Gasteiger partial charge in [0.05, 0.1) is 16.1 Å². The van der Waals surface area contributed by atoms with E-state index in [1.807, 2.05) is 52.0 Å². The fourth-order valence-corrected chi connectivity index (χ4v) is 3.85. The Hall–Kier alpha value is -0.580. The first-order chi connectivity index (χ1) is 15.1. The van der Waals surface area contributed by atoms with E-state index in [1.165, 1.54) is 0 Å². The number of hydrogen-bond donors (Lipinski definition) is 7. The molecule has 0 aliphatic heterocycles. The Bertz CT molecular complexity index is 1000. The zero-order valence-electron chi connectivity index (χ0n) is 18.1. The van der Waals surface area contributed by atoms with E-state index in [1.54, 1.807) is 0 Å². The zero-order chi connectivity index (χ0) is 27.2. The average molecular weight is 604 g/mol. The molecule has 2 aromatic rings. The van der Waals surface area contributed by atoms with Crippen LogP contribution in [0.1, 0.15) is 38.8 Å². The molecule has 0 saturated carbocycles. The number of rotatable bonds is 4. The number of ether oxygens (including phenoxy) is 1. The van der Waals surface area contributed by atoms with Crippen LogP contribution >= 0.6 is 62.0 Å². The summed E-state index contributed by atoms with van der Waals surface area (Å²) in [5.41, 5.74) is 0.947. The summed E-state index contributed by atoms with van der Waals surface area (Å²) in [4.78, 5) is 43.1. The minimum absolute atomic E-state index is 0.00565. The molecule has 0 spiro atoms. The van der Waals surface area contributed by atoms with Crippen molar-refractivity contribution in [2.75, 3.05) is 0 Å². The predicted molar refractivity (Wildman–Crippen MR) is 131 cm³/mol. The molecule has 0 saturated heterocycles. The van der Waals surface area contributed by atoms with Crippen molar-refractivity contribution in [1.82, 2.24) is 0 Å². The number of aromatic hydroxyl groups is 1. The van der Waals surface area contributed by atoms with Crippen LogP contribution in [0.2, 0.25) is 20.1 Å². The van der Waals surface area contributed by atoms with Crippen molar-refractivity contribution in [3.05, 3.63) is 55.5 Å². The van der Waals surface area contributed by atoms with Gasteiger partial charge < -0.3 is 39.2 Å². The molecule has 194 valence electrons. The van der Waals surface area contributed by atoms with E-state index in [9.17, 15) is 5.11 Å². The smallest absolute Gasteiger partial charge is 0.466 e. The summed E-state index contributed by atoms with van der Waals surface area (Å²) in [5, 5.41) is 10.3. The highest BCUT2D eigenvalue weighted by atomic mass is 35.5. The Morgan fingerprint density at radius 2 is 1.09 bits per heavy atom. The van der Waals surface area contributed by atoms with Crippen LogP contribution < -0.4 is 4.74 Å². The predicted octanol–water partition coefficient (Wildman–Crippen LogP) is 5.26. The lowest BCUT2D eigenvalue weighted by molar-refractivity contribution is 0.242. The van der Waals surface area contributed by atoms with E-state index in [4.69, 9.17) is 89.6 Å².